The van der Waals surface area contributed by atoms with Crippen molar-refractivity contribution in [1.82, 2.24) is 0 Å². The SMILES string of the molecule is CCNc1c(F)cc(C(=O)Nc2ccc(C)cc2)cc1F. The molecule has 2 aromatic rings. The van der Waals surface area contributed by atoms with Gasteiger partial charge in [0.25, 0.3) is 5.91 Å². The summed E-state index contributed by atoms with van der Waals surface area (Å²) < 4.78 is 27.5. The number of halogens is 2. The van der Waals surface area contributed by atoms with Crippen LogP contribution in [-0.4, -0.2) is 12.5 Å². The van der Waals surface area contributed by atoms with Gasteiger partial charge in [-0.2, -0.15) is 0 Å². The maximum Gasteiger partial charge on any atom is 0.255 e. The number of rotatable bonds is 4. The monoisotopic (exact) mass is 290 g/mol. The first kappa shape index (κ1) is 15.0. The highest BCUT2D eigenvalue weighted by Crippen LogP contribution is 2.21. The minimum Gasteiger partial charge on any atom is -0.381 e. The maximum atomic E-state index is 13.8. The molecule has 0 fully saturated rings. The summed E-state index contributed by atoms with van der Waals surface area (Å²) in [6, 6.07) is 9.17. The van der Waals surface area contributed by atoms with Crippen molar-refractivity contribution in [2.45, 2.75) is 13.8 Å². The van der Waals surface area contributed by atoms with Gasteiger partial charge in [-0.3, -0.25) is 4.79 Å². The molecule has 0 aliphatic carbocycles. The predicted molar refractivity (Wildman–Crippen MR) is 79.7 cm³/mol. The van der Waals surface area contributed by atoms with Crippen LogP contribution in [0.3, 0.4) is 0 Å². The van der Waals surface area contributed by atoms with E-state index in [1.807, 2.05) is 19.1 Å². The van der Waals surface area contributed by atoms with Crippen LogP contribution in [0, 0.1) is 18.6 Å². The Balaban J connectivity index is 2.21. The third-order valence-corrected chi connectivity index (χ3v) is 2.97. The molecule has 0 radical (unpaired) electrons. The van der Waals surface area contributed by atoms with Crippen LogP contribution in [0.2, 0.25) is 0 Å². The lowest BCUT2D eigenvalue weighted by atomic mass is 10.1. The van der Waals surface area contributed by atoms with Gasteiger partial charge in [0.05, 0.1) is 0 Å². The Morgan fingerprint density at radius 2 is 1.67 bits per heavy atom. The Labute approximate surface area is 122 Å². The van der Waals surface area contributed by atoms with E-state index in [9.17, 15) is 13.6 Å². The largest absolute Gasteiger partial charge is 0.381 e. The number of amides is 1. The third kappa shape index (κ3) is 3.56. The second-order valence-corrected chi connectivity index (χ2v) is 4.67. The fourth-order valence-corrected chi connectivity index (χ4v) is 1.89. The van der Waals surface area contributed by atoms with Crippen molar-refractivity contribution in [2.75, 3.05) is 17.2 Å². The average molecular weight is 290 g/mol. The highest BCUT2D eigenvalue weighted by atomic mass is 19.1. The quantitative estimate of drug-likeness (QED) is 0.895. The summed E-state index contributed by atoms with van der Waals surface area (Å²) in [5.41, 5.74) is 1.35. The smallest absolute Gasteiger partial charge is 0.255 e. The van der Waals surface area contributed by atoms with Crippen molar-refractivity contribution in [3.05, 3.63) is 59.2 Å². The van der Waals surface area contributed by atoms with E-state index in [0.29, 0.717) is 12.2 Å². The molecule has 21 heavy (non-hydrogen) atoms. The van der Waals surface area contributed by atoms with E-state index < -0.39 is 17.5 Å². The van der Waals surface area contributed by atoms with Gasteiger partial charge in [0.1, 0.15) is 17.3 Å². The van der Waals surface area contributed by atoms with Gasteiger partial charge in [0.15, 0.2) is 0 Å². The Kier molecular flexibility index (Phi) is 4.52. The van der Waals surface area contributed by atoms with Crippen molar-refractivity contribution in [2.24, 2.45) is 0 Å². The molecule has 2 N–H and O–H groups in total. The predicted octanol–water partition coefficient (Wildman–Crippen LogP) is 3.96. The molecule has 0 saturated carbocycles. The molecular formula is C16H16F2N2O. The molecule has 0 heterocycles. The van der Waals surface area contributed by atoms with Crippen LogP contribution in [0.4, 0.5) is 20.2 Å². The van der Waals surface area contributed by atoms with Crippen LogP contribution in [0.15, 0.2) is 36.4 Å². The van der Waals surface area contributed by atoms with Crippen LogP contribution >= 0.6 is 0 Å². The number of benzene rings is 2. The molecule has 2 aromatic carbocycles. The fraction of sp³-hybridized carbons (Fsp3) is 0.188. The zero-order chi connectivity index (χ0) is 15.4. The van der Waals surface area contributed by atoms with Crippen molar-refractivity contribution >= 4 is 17.3 Å². The molecule has 0 aromatic heterocycles. The fourth-order valence-electron chi connectivity index (χ4n) is 1.89. The van der Waals surface area contributed by atoms with E-state index in [2.05, 4.69) is 10.6 Å². The summed E-state index contributed by atoms with van der Waals surface area (Å²) >= 11 is 0. The van der Waals surface area contributed by atoms with Crippen LogP contribution < -0.4 is 10.6 Å². The zero-order valence-electron chi connectivity index (χ0n) is 11.8. The highest BCUT2D eigenvalue weighted by molar-refractivity contribution is 6.04. The van der Waals surface area contributed by atoms with Crippen LogP contribution in [0.1, 0.15) is 22.8 Å². The third-order valence-electron chi connectivity index (χ3n) is 2.97. The molecular weight excluding hydrogens is 274 g/mol. The van der Waals surface area contributed by atoms with Crippen LogP contribution in [0.5, 0.6) is 0 Å². The van der Waals surface area contributed by atoms with Crippen LogP contribution in [0.25, 0.3) is 0 Å². The molecule has 0 bridgehead atoms. The topological polar surface area (TPSA) is 41.1 Å². The molecule has 2 rings (SSSR count). The van der Waals surface area contributed by atoms with Crippen molar-refractivity contribution < 1.29 is 13.6 Å². The summed E-state index contributed by atoms with van der Waals surface area (Å²) in [5, 5.41) is 5.18. The maximum absolute atomic E-state index is 13.8. The van der Waals surface area contributed by atoms with E-state index in [0.717, 1.165) is 17.7 Å². The molecule has 0 unspecified atom stereocenters. The zero-order valence-corrected chi connectivity index (χ0v) is 11.8. The lowest BCUT2D eigenvalue weighted by Crippen LogP contribution is -2.13. The van der Waals surface area contributed by atoms with Gasteiger partial charge in [0.2, 0.25) is 0 Å². The second-order valence-electron chi connectivity index (χ2n) is 4.67. The summed E-state index contributed by atoms with van der Waals surface area (Å²) in [5.74, 6) is -2.13. The van der Waals surface area contributed by atoms with E-state index in [1.54, 1.807) is 19.1 Å². The van der Waals surface area contributed by atoms with E-state index >= 15 is 0 Å². The number of anilines is 2. The van der Waals surface area contributed by atoms with E-state index in [4.69, 9.17) is 0 Å². The molecule has 1 amide bonds. The first-order valence-electron chi connectivity index (χ1n) is 6.62. The molecule has 5 heteroatoms. The number of hydrogen-bond acceptors (Lipinski definition) is 2. The Morgan fingerprint density at radius 1 is 1.10 bits per heavy atom. The molecule has 0 aliphatic heterocycles. The molecule has 3 nitrogen and oxygen atoms in total. The Bertz CT molecular complexity index is 631. The first-order valence-corrected chi connectivity index (χ1v) is 6.62. The second kappa shape index (κ2) is 6.35. The highest BCUT2D eigenvalue weighted by Gasteiger charge is 2.14. The van der Waals surface area contributed by atoms with Gasteiger partial charge in [-0.1, -0.05) is 17.7 Å². The Hall–Kier alpha value is -2.43. The average Bonchev–Trinajstić information content (AvgIpc) is 2.45. The minimum absolute atomic E-state index is 0.0628. The normalized spacial score (nSPS) is 10.3. The molecule has 0 atom stereocenters. The molecule has 0 spiro atoms. The van der Waals surface area contributed by atoms with E-state index in [-0.39, 0.29) is 11.3 Å². The number of nitrogens with one attached hydrogen (secondary N) is 2. The summed E-state index contributed by atoms with van der Waals surface area (Å²) in [6.07, 6.45) is 0. The number of hydrogen-bond donors (Lipinski definition) is 2. The lowest BCUT2D eigenvalue weighted by Gasteiger charge is -2.10. The standard InChI is InChI=1S/C16H16F2N2O/c1-3-19-15-13(17)8-11(9-14(15)18)16(21)20-12-6-4-10(2)5-7-12/h4-9,19H,3H2,1-2H3,(H,20,21). The Morgan fingerprint density at radius 3 is 2.19 bits per heavy atom. The molecule has 0 aliphatic rings. The van der Waals surface area contributed by atoms with Gasteiger partial charge in [-0.05, 0) is 38.1 Å². The van der Waals surface area contributed by atoms with Gasteiger partial charge in [-0.15, -0.1) is 0 Å². The summed E-state index contributed by atoms with van der Waals surface area (Å²) in [6.45, 7) is 4.05. The lowest BCUT2D eigenvalue weighted by molar-refractivity contribution is 0.102. The molecule has 0 saturated heterocycles. The van der Waals surface area contributed by atoms with Crippen LogP contribution in [-0.2, 0) is 0 Å². The van der Waals surface area contributed by atoms with Gasteiger partial charge in [0, 0.05) is 17.8 Å². The van der Waals surface area contributed by atoms with Crippen molar-refractivity contribution in [3.8, 4) is 0 Å². The van der Waals surface area contributed by atoms with Gasteiger partial charge in [-0.25, -0.2) is 8.78 Å². The first-order chi connectivity index (χ1) is 10.0. The minimum atomic E-state index is -0.786. The summed E-state index contributed by atoms with van der Waals surface area (Å²) in [7, 11) is 0. The molecule has 110 valence electrons. The number of carbonyl (C=O) groups excluding carboxylic acids is 1. The van der Waals surface area contributed by atoms with Gasteiger partial charge < -0.3 is 10.6 Å². The van der Waals surface area contributed by atoms with Crippen molar-refractivity contribution in [1.29, 1.82) is 0 Å². The van der Waals surface area contributed by atoms with E-state index in [1.165, 1.54) is 0 Å². The van der Waals surface area contributed by atoms with Crippen molar-refractivity contribution in [3.63, 3.8) is 0 Å². The number of aryl methyl sites for hydroxylation is 1. The summed E-state index contributed by atoms with van der Waals surface area (Å²) in [4.78, 5) is 12.0. The van der Waals surface area contributed by atoms with Gasteiger partial charge >= 0.3 is 0 Å². The number of carbonyl (C=O) groups is 1.